The maximum Gasteiger partial charge on any atom is 0.144 e. The summed E-state index contributed by atoms with van der Waals surface area (Å²) in [5, 5.41) is 11.1. The van der Waals surface area contributed by atoms with Crippen LogP contribution in [0.2, 0.25) is 0 Å². The quantitative estimate of drug-likeness (QED) is 0.508. The molecule has 0 aliphatic carbocycles. The molecule has 0 aromatic heterocycles. The van der Waals surface area contributed by atoms with E-state index in [4.69, 9.17) is 17.0 Å². The van der Waals surface area contributed by atoms with Gasteiger partial charge in [0.05, 0.1) is 5.03 Å². The molecule has 1 heterocycles. The molecular weight excluding hydrogens is 124 g/mol. The molecule has 2 nitrogen and oxygen atoms in total. The number of nitrogens with zero attached hydrogens (tertiary/aromatic N) is 1. The van der Waals surface area contributed by atoms with E-state index >= 15 is 0 Å². The average molecular weight is 128 g/mol. The number of hydrogen-bond donors (Lipinski definition) is 1. The molecule has 41 valence electrons. The van der Waals surface area contributed by atoms with E-state index < -0.39 is 0 Å². The first-order valence-corrected chi connectivity index (χ1v) is 2.50. The van der Waals surface area contributed by atoms with Crippen molar-refractivity contribution in [2.75, 3.05) is 0 Å². The third kappa shape index (κ3) is 1.10. The molecule has 0 amide bonds. The molecular formula is C5H4ClN2. The van der Waals surface area contributed by atoms with Crippen LogP contribution in [0.3, 0.4) is 0 Å². The number of amidine groups is 1. The number of hydrogen-bond acceptors (Lipinski definition) is 1. The molecule has 0 unspecified atom stereocenters. The van der Waals surface area contributed by atoms with Crippen molar-refractivity contribution < 1.29 is 0 Å². The Bertz CT molecular complexity index is 167. The van der Waals surface area contributed by atoms with Crippen molar-refractivity contribution in [2.24, 2.45) is 0 Å². The molecule has 8 heavy (non-hydrogen) atoms. The minimum Gasteiger partial charge on any atom is -0.283 e. The smallest absolute Gasteiger partial charge is 0.144 e. The van der Waals surface area contributed by atoms with E-state index in [9.17, 15) is 0 Å². The zero-order valence-corrected chi connectivity index (χ0v) is 4.81. The average Bonchev–Trinajstić information content (AvgIpc) is 1.77. The molecule has 0 aromatic carbocycles. The Morgan fingerprint density at radius 3 is 2.62 bits per heavy atom. The van der Waals surface area contributed by atoms with Gasteiger partial charge in [-0.3, -0.25) is 5.41 Å². The van der Waals surface area contributed by atoms with Crippen molar-refractivity contribution in [3.63, 3.8) is 0 Å². The summed E-state index contributed by atoms with van der Waals surface area (Å²) in [6.07, 6.45) is 4.63. The summed E-state index contributed by atoms with van der Waals surface area (Å²) in [6, 6.07) is 0. The fourth-order valence-electron chi connectivity index (χ4n) is 0.376. The Labute approximate surface area is 52.4 Å². The van der Waals surface area contributed by atoms with Crippen LogP contribution in [0.1, 0.15) is 0 Å². The summed E-state index contributed by atoms with van der Waals surface area (Å²) in [4.78, 5) is 0. The van der Waals surface area contributed by atoms with Gasteiger partial charge >= 0.3 is 0 Å². The van der Waals surface area contributed by atoms with Crippen molar-refractivity contribution >= 4 is 17.4 Å². The maximum absolute atomic E-state index is 6.92. The third-order valence-corrected chi connectivity index (χ3v) is 0.951. The molecule has 0 fully saturated rings. The molecule has 0 saturated carbocycles. The summed E-state index contributed by atoms with van der Waals surface area (Å²) < 4.78 is 0. The van der Waals surface area contributed by atoms with E-state index in [1.807, 2.05) is 0 Å². The lowest BCUT2D eigenvalue weighted by Crippen LogP contribution is -2.07. The van der Waals surface area contributed by atoms with Crippen LogP contribution >= 0.6 is 11.6 Å². The van der Waals surface area contributed by atoms with E-state index in [2.05, 4.69) is 5.32 Å². The van der Waals surface area contributed by atoms with E-state index in [0.29, 0.717) is 5.03 Å². The summed E-state index contributed by atoms with van der Waals surface area (Å²) in [5.74, 6) is 0.245. The molecule has 0 spiro atoms. The lowest BCUT2D eigenvalue weighted by molar-refractivity contribution is 1.20. The predicted molar refractivity (Wildman–Crippen MR) is 32.9 cm³/mol. The van der Waals surface area contributed by atoms with Crippen LogP contribution in [0.15, 0.2) is 23.4 Å². The molecule has 3 heteroatoms. The Balaban J connectivity index is 2.71. The minimum absolute atomic E-state index is 0.245. The highest BCUT2D eigenvalue weighted by atomic mass is 35.5. The van der Waals surface area contributed by atoms with Gasteiger partial charge in [0.15, 0.2) is 0 Å². The van der Waals surface area contributed by atoms with Crippen LogP contribution < -0.4 is 5.32 Å². The van der Waals surface area contributed by atoms with Gasteiger partial charge in [0, 0.05) is 6.20 Å². The highest BCUT2D eigenvalue weighted by Crippen LogP contribution is 2.04. The maximum atomic E-state index is 6.92. The molecule has 1 N–H and O–H groups in total. The molecule has 1 radical (unpaired) electrons. The summed E-state index contributed by atoms with van der Waals surface area (Å²) in [7, 11) is 0. The Morgan fingerprint density at radius 1 is 1.50 bits per heavy atom. The highest BCUT2D eigenvalue weighted by molar-refractivity contribution is 6.31. The molecule has 0 saturated heterocycles. The van der Waals surface area contributed by atoms with Gasteiger partial charge in [-0.2, -0.15) is 0 Å². The Hall–Kier alpha value is -0.760. The third-order valence-electron chi connectivity index (χ3n) is 0.727. The normalized spacial score (nSPS) is 17.6. The first kappa shape index (κ1) is 5.38. The topological polar surface area (TPSA) is 38.0 Å². The van der Waals surface area contributed by atoms with Crippen LogP contribution in [0.25, 0.3) is 0 Å². The summed E-state index contributed by atoms with van der Waals surface area (Å²) >= 11 is 5.47. The van der Waals surface area contributed by atoms with Gasteiger partial charge in [-0.05, 0) is 12.2 Å². The van der Waals surface area contributed by atoms with Crippen molar-refractivity contribution in [3.8, 4) is 0 Å². The molecule has 0 aromatic rings. The van der Waals surface area contributed by atoms with Crippen LogP contribution in [-0.2, 0) is 0 Å². The lowest BCUT2D eigenvalue weighted by Gasteiger charge is -1.97. The summed E-state index contributed by atoms with van der Waals surface area (Å²) in [5.41, 5.74) is 0. The Kier molecular flexibility index (Phi) is 1.35. The lowest BCUT2D eigenvalue weighted by atomic mass is 10.4. The van der Waals surface area contributed by atoms with Gasteiger partial charge in [0.1, 0.15) is 5.84 Å². The second-order valence-electron chi connectivity index (χ2n) is 1.36. The second-order valence-corrected chi connectivity index (χ2v) is 1.80. The first-order chi connectivity index (χ1) is 3.79. The number of halogens is 1. The van der Waals surface area contributed by atoms with E-state index in [0.717, 1.165) is 0 Å². The molecule has 0 atom stereocenters. The van der Waals surface area contributed by atoms with Crippen LogP contribution in [0.5, 0.6) is 0 Å². The first-order valence-electron chi connectivity index (χ1n) is 2.12. The second kappa shape index (κ2) is 2.01. The van der Waals surface area contributed by atoms with Gasteiger partial charge in [0.2, 0.25) is 0 Å². The van der Waals surface area contributed by atoms with Gasteiger partial charge < -0.3 is 0 Å². The van der Waals surface area contributed by atoms with Gasteiger partial charge in [0.25, 0.3) is 0 Å². The Morgan fingerprint density at radius 2 is 2.25 bits per heavy atom. The molecule has 1 aliphatic heterocycles. The van der Waals surface area contributed by atoms with E-state index in [1.165, 1.54) is 6.20 Å². The van der Waals surface area contributed by atoms with Crippen LogP contribution in [-0.4, -0.2) is 5.84 Å². The predicted octanol–water partition coefficient (Wildman–Crippen LogP) is 1.22. The largest absolute Gasteiger partial charge is 0.283 e. The summed E-state index contributed by atoms with van der Waals surface area (Å²) in [6.45, 7) is 0. The van der Waals surface area contributed by atoms with Crippen molar-refractivity contribution in [3.05, 3.63) is 23.4 Å². The van der Waals surface area contributed by atoms with Gasteiger partial charge in [-0.15, -0.1) is 0 Å². The van der Waals surface area contributed by atoms with Gasteiger partial charge in [-0.25, -0.2) is 5.32 Å². The fourth-order valence-corrected chi connectivity index (χ4v) is 0.488. The fraction of sp³-hybridized carbons (Fsp3) is 0. The van der Waals surface area contributed by atoms with E-state index in [-0.39, 0.29) is 5.84 Å². The highest BCUT2D eigenvalue weighted by Gasteiger charge is 1.95. The monoisotopic (exact) mass is 127 g/mol. The number of allylic oxidation sites excluding steroid dienone is 2. The van der Waals surface area contributed by atoms with Crippen LogP contribution in [0, 0.1) is 5.41 Å². The van der Waals surface area contributed by atoms with Crippen molar-refractivity contribution in [2.45, 2.75) is 0 Å². The van der Waals surface area contributed by atoms with Crippen LogP contribution in [0.4, 0.5) is 0 Å². The minimum atomic E-state index is 0.245. The standard InChI is InChI=1S/C5H4ClN2/c6-4-1-2-5(7)8-3-4/h1-3,7H. The zero-order chi connectivity index (χ0) is 5.98. The SMILES string of the molecule is N=C1C=CC(Cl)=C[N]1. The van der Waals surface area contributed by atoms with Crippen molar-refractivity contribution in [1.29, 1.82) is 5.41 Å². The zero-order valence-electron chi connectivity index (χ0n) is 4.06. The van der Waals surface area contributed by atoms with Gasteiger partial charge in [-0.1, -0.05) is 11.6 Å². The molecule has 0 bridgehead atoms. The molecule has 1 aliphatic rings. The number of nitrogens with one attached hydrogen (secondary N) is 1. The molecule has 1 rings (SSSR count). The number of rotatable bonds is 0. The van der Waals surface area contributed by atoms with Crippen molar-refractivity contribution in [1.82, 2.24) is 5.32 Å². The van der Waals surface area contributed by atoms with E-state index in [1.54, 1.807) is 12.2 Å².